The predicted molar refractivity (Wildman–Crippen MR) is 109 cm³/mol. The summed E-state index contributed by atoms with van der Waals surface area (Å²) in [5, 5.41) is -0.0443. The zero-order valence-electron chi connectivity index (χ0n) is 16.0. The van der Waals surface area contributed by atoms with Crippen LogP contribution in [-0.2, 0) is 0 Å². The zero-order valence-corrected chi connectivity index (χ0v) is 16.7. The van der Waals surface area contributed by atoms with Crippen molar-refractivity contribution in [2.45, 2.75) is 25.7 Å². The van der Waals surface area contributed by atoms with Gasteiger partial charge in [0, 0.05) is 43.2 Å². The number of rotatable bonds is 3. The van der Waals surface area contributed by atoms with Crippen molar-refractivity contribution in [3.63, 3.8) is 0 Å². The highest BCUT2D eigenvalue weighted by Gasteiger charge is 2.29. The van der Waals surface area contributed by atoms with Crippen molar-refractivity contribution in [1.82, 2.24) is 19.9 Å². The van der Waals surface area contributed by atoms with Gasteiger partial charge in [-0.2, -0.15) is 0 Å². The van der Waals surface area contributed by atoms with E-state index in [2.05, 4.69) is 9.97 Å². The van der Waals surface area contributed by atoms with Gasteiger partial charge in [-0.3, -0.25) is 9.78 Å². The molecule has 0 aliphatic carbocycles. The summed E-state index contributed by atoms with van der Waals surface area (Å²) in [5.41, 5.74) is 2.75. The smallest absolute Gasteiger partial charge is 0.256 e. The first-order chi connectivity index (χ1) is 14.0. The normalized spacial score (nSPS) is 16.7. The average molecular weight is 411 g/mol. The van der Waals surface area contributed by atoms with Crippen molar-refractivity contribution in [2.75, 3.05) is 13.1 Å². The van der Waals surface area contributed by atoms with Gasteiger partial charge in [0.2, 0.25) is 0 Å². The summed E-state index contributed by atoms with van der Waals surface area (Å²) < 4.78 is 14.3. The second kappa shape index (κ2) is 8.25. The average Bonchev–Trinajstić information content (AvgIpc) is 2.76. The van der Waals surface area contributed by atoms with E-state index in [4.69, 9.17) is 16.6 Å². The maximum absolute atomic E-state index is 14.3. The van der Waals surface area contributed by atoms with Crippen molar-refractivity contribution in [3.05, 3.63) is 76.6 Å². The Kier molecular flexibility index (Phi) is 5.53. The van der Waals surface area contributed by atoms with Crippen molar-refractivity contribution in [2.24, 2.45) is 0 Å². The van der Waals surface area contributed by atoms with E-state index in [-0.39, 0.29) is 22.4 Å². The monoisotopic (exact) mass is 410 g/mol. The van der Waals surface area contributed by atoms with E-state index in [0.29, 0.717) is 18.9 Å². The van der Waals surface area contributed by atoms with Gasteiger partial charge in [0.1, 0.15) is 0 Å². The molecule has 5 nitrogen and oxygen atoms in total. The maximum atomic E-state index is 14.3. The number of nitrogens with zero attached hydrogens (tertiary/aromatic N) is 4. The van der Waals surface area contributed by atoms with E-state index in [1.807, 2.05) is 25.3 Å². The van der Waals surface area contributed by atoms with Crippen LogP contribution in [0.1, 0.15) is 40.4 Å². The Balaban J connectivity index is 1.60. The molecule has 1 saturated heterocycles. The number of aryl methyl sites for hydroxylation is 1. The van der Waals surface area contributed by atoms with E-state index in [9.17, 15) is 9.18 Å². The van der Waals surface area contributed by atoms with Gasteiger partial charge in [-0.05, 0) is 49.6 Å². The van der Waals surface area contributed by atoms with Gasteiger partial charge in [0.15, 0.2) is 11.6 Å². The fourth-order valence-electron chi connectivity index (χ4n) is 3.73. The SMILES string of the molecule is Cc1cnc(-c2cccnc2)nc1C1CCCN(C(=O)c2cccc(Cl)c2F)C1. The third-order valence-corrected chi connectivity index (χ3v) is 5.50. The number of carbonyl (C=O) groups is 1. The molecule has 1 atom stereocenters. The van der Waals surface area contributed by atoms with Gasteiger partial charge in [-0.15, -0.1) is 0 Å². The molecule has 3 aromatic rings. The second-order valence-corrected chi connectivity index (χ2v) is 7.60. The van der Waals surface area contributed by atoms with E-state index in [1.165, 1.54) is 12.1 Å². The van der Waals surface area contributed by atoms with Crippen LogP contribution in [-0.4, -0.2) is 38.8 Å². The molecule has 1 fully saturated rings. The molecule has 0 radical (unpaired) electrons. The second-order valence-electron chi connectivity index (χ2n) is 7.20. The molecule has 1 aliphatic heterocycles. The third-order valence-electron chi connectivity index (χ3n) is 5.21. The van der Waals surface area contributed by atoms with Crippen molar-refractivity contribution in [3.8, 4) is 11.4 Å². The van der Waals surface area contributed by atoms with Crippen LogP contribution in [0.3, 0.4) is 0 Å². The Bertz CT molecular complexity index is 1040. The van der Waals surface area contributed by atoms with Crippen LogP contribution in [0.4, 0.5) is 4.39 Å². The van der Waals surface area contributed by atoms with E-state index >= 15 is 0 Å². The summed E-state index contributed by atoms with van der Waals surface area (Å²) in [6.45, 7) is 3.04. The van der Waals surface area contributed by atoms with Crippen molar-refractivity contribution >= 4 is 17.5 Å². The lowest BCUT2D eigenvalue weighted by molar-refractivity contribution is 0.0701. The molecule has 0 spiro atoms. The summed E-state index contributed by atoms with van der Waals surface area (Å²) in [6, 6.07) is 8.27. The van der Waals surface area contributed by atoms with Crippen LogP contribution >= 0.6 is 11.6 Å². The lowest BCUT2D eigenvalue weighted by Gasteiger charge is -2.33. The highest BCUT2D eigenvalue weighted by atomic mass is 35.5. The third kappa shape index (κ3) is 3.98. The molecule has 1 amide bonds. The van der Waals surface area contributed by atoms with Crippen LogP contribution < -0.4 is 0 Å². The summed E-state index contributed by atoms with van der Waals surface area (Å²) in [6.07, 6.45) is 6.98. The Morgan fingerprint density at radius 3 is 2.90 bits per heavy atom. The van der Waals surface area contributed by atoms with Gasteiger partial charge < -0.3 is 4.90 Å². The molecule has 1 aliphatic rings. The van der Waals surface area contributed by atoms with Crippen LogP contribution in [0.25, 0.3) is 11.4 Å². The molecule has 148 valence electrons. The fourth-order valence-corrected chi connectivity index (χ4v) is 3.90. The molecular formula is C22H20ClFN4O. The van der Waals surface area contributed by atoms with Crippen LogP contribution in [0.5, 0.6) is 0 Å². The number of piperidine rings is 1. The number of carbonyl (C=O) groups excluding carboxylic acids is 1. The summed E-state index contributed by atoms with van der Waals surface area (Å²) in [4.78, 5) is 27.9. The van der Waals surface area contributed by atoms with Gasteiger partial charge in [-0.25, -0.2) is 14.4 Å². The number of hydrogen-bond acceptors (Lipinski definition) is 4. The molecule has 1 aromatic carbocycles. The standard InChI is InChI=1S/C22H20ClFN4O/c1-14-11-26-21(15-5-3-9-25-12-15)27-20(14)16-6-4-10-28(13-16)22(29)17-7-2-8-18(23)19(17)24/h2-3,5,7-9,11-12,16H,4,6,10,13H2,1H3. The summed E-state index contributed by atoms with van der Waals surface area (Å²) in [5.74, 6) is -0.330. The van der Waals surface area contributed by atoms with Gasteiger partial charge in [0.25, 0.3) is 5.91 Å². The number of likely N-dealkylation sites (tertiary alicyclic amines) is 1. The van der Waals surface area contributed by atoms with Crippen LogP contribution in [0.15, 0.2) is 48.9 Å². The lowest BCUT2D eigenvalue weighted by Crippen LogP contribution is -2.40. The highest BCUT2D eigenvalue weighted by Crippen LogP contribution is 2.30. The molecular weight excluding hydrogens is 391 g/mol. The van der Waals surface area contributed by atoms with E-state index in [1.54, 1.807) is 23.4 Å². The molecule has 0 bridgehead atoms. The zero-order chi connectivity index (χ0) is 20.4. The Hall–Kier alpha value is -2.86. The lowest BCUT2D eigenvalue weighted by atomic mass is 9.91. The van der Waals surface area contributed by atoms with Gasteiger partial charge in [-0.1, -0.05) is 17.7 Å². The molecule has 3 heterocycles. The number of amides is 1. The van der Waals surface area contributed by atoms with Crippen molar-refractivity contribution < 1.29 is 9.18 Å². The number of benzene rings is 1. The number of halogens is 2. The largest absolute Gasteiger partial charge is 0.338 e. The Morgan fingerprint density at radius 1 is 1.24 bits per heavy atom. The first-order valence-electron chi connectivity index (χ1n) is 9.52. The molecule has 4 rings (SSSR count). The highest BCUT2D eigenvalue weighted by molar-refractivity contribution is 6.31. The van der Waals surface area contributed by atoms with Crippen molar-refractivity contribution in [1.29, 1.82) is 0 Å². The quantitative estimate of drug-likeness (QED) is 0.630. The molecule has 2 aromatic heterocycles. The first-order valence-corrected chi connectivity index (χ1v) is 9.89. The van der Waals surface area contributed by atoms with Crippen LogP contribution in [0, 0.1) is 12.7 Å². The van der Waals surface area contributed by atoms with Crippen LogP contribution in [0.2, 0.25) is 5.02 Å². The molecule has 29 heavy (non-hydrogen) atoms. The maximum Gasteiger partial charge on any atom is 0.256 e. The van der Waals surface area contributed by atoms with E-state index in [0.717, 1.165) is 29.7 Å². The predicted octanol–water partition coefficient (Wildman–Crippen LogP) is 4.66. The van der Waals surface area contributed by atoms with Gasteiger partial charge >= 0.3 is 0 Å². The molecule has 1 unspecified atom stereocenters. The molecule has 7 heteroatoms. The Morgan fingerprint density at radius 2 is 2.10 bits per heavy atom. The Labute approximate surface area is 173 Å². The number of aromatic nitrogens is 3. The number of pyridine rings is 1. The van der Waals surface area contributed by atoms with E-state index < -0.39 is 5.82 Å². The minimum absolute atomic E-state index is 0.00797. The topological polar surface area (TPSA) is 59.0 Å². The van der Waals surface area contributed by atoms with Gasteiger partial charge in [0.05, 0.1) is 16.3 Å². The summed E-state index contributed by atoms with van der Waals surface area (Å²) >= 11 is 5.85. The summed E-state index contributed by atoms with van der Waals surface area (Å²) in [7, 11) is 0. The fraction of sp³-hybridized carbons (Fsp3) is 0.273. The molecule has 0 saturated carbocycles. The molecule has 0 N–H and O–H groups in total. The minimum atomic E-state index is -0.668. The minimum Gasteiger partial charge on any atom is -0.338 e. The number of hydrogen-bond donors (Lipinski definition) is 0. The first kappa shape index (κ1) is 19.5.